The molecule has 0 aliphatic carbocycles. The third kappa shape index (κ3) is 4.49. The molecule has 6 heteroatoms. The number of nitrogens with two attached hydrogens (primary N) is 1. The van der Waals surface area contributed by atoms with Crippen LogP contribution in [0.3, 0.4) is 0 Å². The van der Waals surface area contributed by atoms with Gasteiger partial charge in [0.15, 0.2) is 0 Å². The van der Waals surface area contributed by atoms with E-state index in [1.54, 1.807) is 23.3 Å². The van der Waals surface area contributed by atoms with Crippen LogP contribution < -0.4 is 10.5 Å². The van der Waals surface area contributed by atoms with Crippen molar-refractivity contribution in [3.05, 3.63) is 77.2 Å². The third-order valence-electron chi connectivity index (χ3n) is 6.07. The maximum absolute atomic E-state index is 12.9. The van der Waals surface area contributed by atoms with E-state index >= 15 is 0 Å². The molecule has 1 aliphatic rings. The number of thiophene rings is 1. The van der Waals surface area contributed by atoms with Crippen molar-refractivity contribution in [2.75, 3.05) is 20.2 Å². The summed E-state index contributed by atoms with van der Waals surface area (Å²) in [6, 6.07) is 19.9. The van der Waals surface area contributed by atoms with E-state index in [9.17, 15) is 9.59 Å². The minimum atomic E-state index is -0.735. The molecule has 0 radical (unpaired) electrons. The van der Waals surface area contributed by atoms with Crippen molar-refractivity contribution in [2.45, 2.75) is 19.3 Å². The lowest BCUT2D eigenvalue weighted by Crippen LogP contribution is -2.42. The summed E-state index contributed by atoms with van der Waals surface area (Å²) < 4.78 is 5.36. The predicted octanol–water partition coefficient (Wildman–Crippen LogP) is 3.91. The lowest BCUT2D eigenvalue weighted by molar-refractivity contribution is -0.131. The standard InChI is InChI=1S/C25H26N2O3S/c1-30-21-6-3-2-5-20(21)15-23(28)27-13-12-25(17-27,24(26)29)16-18-8-10-19(11-9-18)22-7-4-14-31-22/h2-11,14H,12-13,15-17H2,1H3,(H2,26,29)/t25-/m0/s1. The zero-order valence-corrected chi connectivity index (χ0v) is 18.4. The number of amides is 2. The van der Waals surface area contributed by atoms with Gasteiger partial charge in [-0.15, -0.1) is 11.3 Å². The molecule has 160 valence electrons. The van der Waals surface area contributed by atoms with Crippen LogP contribution >= 0.6 is 11.3 Å². The summed E-state index contributed by atoms with van der Waals surface area (Å²) >= 11 is 1.70. The molecule has 0 bridgehead atoms. The van der Waals surface area contributed by atoms with E-state index in [-0.39, 0.29) is 18.2 Å². The first kappa shape index (κ1) is 21.1. The number of carbonyl (C=O) groups is 2. The molecule has 0 unspecified atom stereocenters. The molecular weight excluding hydrogens is 408 g/mol. The zero-order chi connectivity index (χ0) is 21.8. The Morgan fingerprint density at radius 1 is 1.10 bits per heavy atom. The molecule has 1 atom stereocenters. The van der Waals surface area contributed by atoms with Crippen molar-refractivity contribution in [1.29, 1.82) is 0 Å². The van der Waals surface area contributed by atoms with Crippen LogP contribution in [0.15, 0.2) is 66.0 Å². The predicted molar refractivity (Wildman–Crippen MR) is 123 cm³/mol. The SMILES string of the molecule is COc1ccccc1CC(=O)N1CC[C@@](Cc2ccc(-c3cccs3)cc2)(C(N)=O)C1. The number of carbonyl (C=O) groups excluding carboxylic acids is 2. The van der Waals surface area contributed by atoms with Gasteiger partial charge in [0.05, 0.1) is 18.9 Å². The summed E-state index contributed by atoms with van der Waals surface area (Å²) in [7, 11) is 1.60. The van der Waals surface area contributed by atoms with Crippen LogP contribution in [0.1, 0.15) is 17.5 Å². The van der Waals surface area contributed by atoms with Gasteiger partial charge in [0.25, 0.3) is 0 Å². The first-order valence-electron chi connectivity index (χ1n) is 10.3. The number of benzene rings is 2. The van der Waals surface area contributed by atoms with Gasteiger partial charge in [-0.25, -0.2) is 0 Å². The van der Waals surface area contributed by atoms with Crippen molar-refractivity contribution >= 4 is 23.2 Å². The Labute approximate surface area is 186 Å². The summed E-state index contributed by atoms with van der Waals surface area (Å²) in [6.45, 7) is 0.882. The Kier molecular flexibility index (Phi) is 6.09. The maximum Gasteiger partial charge on any atom is 0.227 e. The normalized spacial score (nSPS) is 18.2. The smallest absolute Gasteiger partial charge is 0.227 e. The van der Waals surface area contributed by atoms with Crippen molar-refractivity contribution in [1.82, 2.24) is 4.90 Å². The van der Waals surface area contributed by atoms with Crippen molar-refractivity contribution < 1.29 is 14.3 Å². The second-order valence-corrected chi connectivity index (χ2v) is 9.00. The van der Waals surface area contributed by atoms with Crippen LogP contribution in [0.2, 0.25) is 0 Å². The van der Waals surface area contributed by atoms with E-state index in [0.29, 0.717) is 31.7 Å². The quantitative estimate of drug-likeness (QED) is 0.613. The van der Waals surface area contributed by atoms with Crippen LogP contribution in [-0.4, -0.2) is 36.9 Å². The van der Waals surface area contributed by atoms with Crippen LogP contribution in [0.5, 0.6) is 5.75 Å². The molecular formula is C25H26N2O3S. The number of rotatable bonds is 7. The van der Waals surface area contributed by atoms with Crippen molar-refractivity contribution in [2.24, 2.45) is 11.1 Å². The van der Waals surface area contributed by atoms with Gasteiger partial charge in [-0.1, -0.05) is 48.5 Å². The van der Waals surface area contributed by atoms with E-state index < -0.39 is 5.41 Å². The van der Waals surface area contributed by atoms with Crippen LogP contribution in [-0.2, 0) is 22.4 Å². The second kappa shape index (κ2) is 8.94. The molecule has 2 N–H and O–H groups in total. The molecule has 5 nitrogen and oxygen atoms in total. The molecule has 3 aromatic rings. The Morgan fingerprint density at radius 2 is 1.87 bits per heavy atom. The van der Waals surface area contributed by atoms with Crippen LogP contribution in [0.4, 0.5) is 0 Å². The van der Waals surface area contributed by atoms with Crippen LogP contribution in [0.25, 0.3) is 10.4 Å². The first-order chi connectivity index (χ1) is 15.0. The van der Waals surface area contributed by atoms with Gasteiger partial charge in [0.2, 0.25) is 11.8 Å². The summed E-state index contributed by atoms with van der Waals surface area (Å²) in [5.41, 5.74) is 8.17. The first-order valence-corrected chi connectivity index (χ1v) is 11.2. The summed E-state index contributed by atoms with van der Waals surface area (Å²) in [5.74, 6) is 0.338. The highest BCUT2D eigenvalue weighted by molar-refractivity contribution is 7.13. The molecule has 1 aliphatic heterocycles. The Hall–Kier alpha value is -3.12. The third-order valence-corrected chi connectivity index (χ3v) is 6.98. The van der Waals surface area contributed by atoms with Crippen molar-refractivity contribution in [3.8, 4) is 16.2 Å². The van der Waals surface area contributed by atoms with Gasteiger partial charge in [-0.05, 0) is 41.5 Å². The van der Waals surface area contributed by atoms with Crippen molar-refractivity contribution in [3.63, 3.8) is 0 Å². The molecule has 2 aromatic carbocycles. The number of hydrogen-bond donors (Lipinski definition) is 1. The zero-order valence-electron chi connectivity index (χ0n) is 17.5. The average molecular weight is 435 g/mol. The fourth-order valence-electron chi connectivity index (χ4n) is 4.26. The molecule has 31 heavy (non-hydrogen) atoms. The molecule has 1 fully saturated rings. The fourth-order valence-corrected chi connectivity index (χ4v) is 5.00. The van der Waals surface area contributed by atoms with E-state index in [1.165, 1.54) is 4.88 Å². The van der Waals surface area contributed by atoms with Gasteiger partial charge >= 0.3 is 0 Å². The number of primary amides is 1. The second-order valence-electron chi connectivity index (χ2n) is 8.05. The van der Waals surface area contributed by atoms with Gasteiger partial charge in [-0.3, -0.25) is 9.59 Å². The number of likely N-dealkylation sites (tertiary alicyclic amines) is 1. The topological polar surface area (TPSA) is 72.6 Å². The highest BCUT2D eigenvalue weighted by atomic mass is 32.1. The Bertz CT molecular complexity index is 1060. The number of methoxy groups -OCH3 is 1. The fraction of sp³-hybridized carbons (Fsp3) is 0.280. The van der Waals surface area contributed by atoms with Crippen LogP contribution in [0, 0.1) is 5.41 Å². The van der Waals surface area contributed by atoms with Gasteiger partial charge in [0, 0.05) is 23.5 Å². The minimum Gasteiger partial charge on any atom is -0.496 e. The molecule has 1 saturated heterocycles. The molecule has 1 aromatic heterocycles. The highest BCUT2D eigenvalue weighted by Gasteiger charge is 2.44. The average Bonchev–Trinajstić information content (AvgIpc) is 3.46. The van der Waals surface area contributed by atoms with E-state index in [4.69, 9.17) is 10.5 Å². The van der Waals surface area contributed by atoms with Gasteiger partial charge in [0.1, 0.15) is 5.75 Å². The lowest BCUT2D eigenvalue weighted by Gasteiger charge is -2.26. The Morgan fingerprint density at radius 3 is 2.55 bits per heavy atom. The number of para-hydroxylation sites is 1. The molecule has 0 spiro atoms. The molecule has 2 heterocycles. The summed E-state index contributed by atoms with van der Waals surface area (Å²) in [6.07, 6.45) is 1.35. The van der Waals surface area contributed by atoms with Gasteiger partial charge < -0.3 is 15.4 Å². The van der Waals surface area contributed by atoms with E-state index in [0.717, 1.165) is 16.7 Å². The monoisotopic (exact) mass is 434 g/mol. The minimum absolute atomic E-state index is 0.0133. The molecule has 0 saturated carbocycles. The Balaban J connectivity index is 1.46. The van der Waals surface area contributed by atoms with E-state index in [1.807, 2.05) is 30.3 Å². The number of hydrogen-bond acceptors (Lipinski definition) is 4. The number of nitrogens with zero attached hydrogens (tertiary/aromatic N) is 1. The largest absolute Gasteiger partial charge is 0.496 e. The lowest BCUT2D eigenvalue weighted by atomic mass is 9.80. The molecule has 2 amide bonds. The highest BCUT2D eigenvalue weighted by Crippen LogP contribution is 2.35. The maximum atomic E-state index is 12.9. The van der Waals surface area contributed by atoms with Gasteiger partial charge in [-0.2, -0.15) is 0 Å². The number of ether oxygens (including phenoxy) is 1. The summed E-state index contributed by atoms with van der Waals surface area (Å²) in [4.78, 5) is 28.4. The molecule has 4 rings (SSSR count). The van der Waals surface area contributed by atoms with E-state index in [2.05, 4.69) is 35.7 Å². The summed E-state index contributed by atoms with van der Waals surface area (Å²) in [5, 5.41) is 2.06.